The molecule has 0 fully saturated rings. The first-order valence-corrected chi connectivity index (χ1v) is 6.41. The van der Waals surface area contributed by atoms with Gasteiger partial charge in [-0.15, -0.1) is 0 Å². The maximum absolute atomic E-state index is 14.0. The van der Waals surface area contributed by atoms with E-state index in [9.17, 15) is 4.39 Å². The molecule has 1 unspecified atom stereocenters. The smallest absolute Gasteiger partial charge is 0.196 e. The van der Waals surface area contributed by atoms with E-state index in [4.69, 9.17) is 5.73 Å². The molecule has 0 saturated heterocycles. The highest BCUT2D eigenvalue weighted by atomic mass is 19.1. The van der Waals surface area contributed by atoms with Gasteiger partial charge in [0.25, 0.3) is 0 Å². The van der Waals surface area contributed by atoms with Crippen LogP contribution in [0.3, 0.4) is 0 Å². The van der Waals surface area contributed by atoms with Gasteiger partial charge in [-0.1, -0.05) is 12.1 Å². The summed E-state index contributed by atoms with van der Waals surface area (Å²) in [5.41, 5.74) is 8.31. The molecular formula is C14H16FN5. The lowest BCUT2D eigenvalue weighted by Crippen LogP contribution is -2.36. The fourth-order valence-corrected chi connectivity index (χ4v) is 2.62. The van der Waals surface area contributed by atoms with Crippen LogP contribution in [-0.4, -0.2) is 22.3 Å². The molecule has 1 aliphatic rings. The average Bonchev–Trinajstić information content (AvgIpc) is 2.93. The van der Waals surface area contributed by atoms with Gasteiger partial charge >= 0.3 is 0 Å². The van der Waals surface area contributed by atoms with Crippen LogP contribution in [0, 0.1) is 12.7 Å². The van der Waals surface area contributed by atoms with E-state index in [1.54, 1.807) is 27.8 Å². The van der Waals surface area contributed by atoms with Gasteiger partial charge in [-0.25, -0.2) is 4.39 Å². The zero-order chi connectivity index (χ0) is 14.3. The molecule has 1 aliphatic heterocycles. The number of hydrogen-bond acceptors (Lipinski definition) is 4. The highest BCUT2D eigenvalue weighted by Gasteiger charge is 2.32. The molecule has 0 saturated carbocycles. The predicted molar refractivity (Wildman–Crippen MR) is 76.1 cm³/mol. The lowest BCUT2D eigenvalue weighted by Gasteiger charge is -2.26. The van der Waals surface area contributed by atoms with Crippen molar-refractivity contribution in [1.82, 2.24) is 9.78 Å². The molecule has 2 heterocycles. The highest BCUT2D eigenvalue weighted by molar-refractivity contribution is 5.97. The van der Waals surface area contributed by atoms with Crippen molar-refractivity contribution in [3.05, 3.63) is 47.5 Å². The van der Waals surface area contributed by atoms with Gasteiger partial charge in [-0.3, -0.25) is 9.67 Å². The lowest BCUT2D eigenvalue weighted by molar-refractivity contribution is 0.619. The SMILES string of the molecule is Cc1nn(C)cc1C1CN=C(N)N1c1ccccc1F. The Morgan fingerprint density at radius 3 is 2.75 bits per heavy atom. The number of aromatic nitrogens is 2. The first-order chi connectivity index (χ1) is 9.58. The van der Waals surface area contributed by atoms with Crippen LogP contribution in [0.25, 0.3) is 0 Å². The van der Waals surface area contributed by atoms with Gasteiger partial charge in [0.15, 0.2) is 5.96 Å². The quantitative estimate of drug-likeness (QED) is 0.906. The molecule has 0 bridgehead atoms. The van der Waals surface area contributed by atoms with Gasteiger partial charge in [-0.2, -0.15) is 5.10 Å². The van der Waals surface area contributed by atoms with E-state index in [1.165, 1.54) is 6.07 Å². The van der Waals surface area contributed by atoms with Crippen molar-refractivity contribution in [3.8, 4) is 0 Å². The summed E-state index contributed by atoms with van der Waals surface area (Å²) in [6.07, 6.45) is 1.93. The van der Waals surface area contributed by atoms with Crippen LogP contribution in [0.4, 0.5) is 10.1 Å². The first kappa shape index (κ1) is 12.7. The Labute approximate surface area is 116 Å². The summed E-state index contributed by atoms with van der Waals surface area (Å²) in [5.74, 6) is 0.0300. The van der Waals surface area contributed by atoms with E-state index >= 15 is 0 Å². The van der Waals surface area contributed by atoms with Crippen molar-refractivity contribution in [1.29, 1.82) is 0 Å². The van der Waals surface area contributed by atoms with Crippen LogP contribution in [0.15, 0.2) is 35.5 Å². The summed E-state index contributed by atoms with van der Waals surface area (Å²) < 4.78 is 15.8. The number of guanidine groups is 1. The van der Waals surface area contributed by atoms with Gasteiger partial charge in [0.2, 0.25) is 0 Å². The molecule has 20 heavy (non-hydrogen) atoms. The predicted octanol–water partition coefficient (Wildman–Crippen LogP) is 1.74. The molecule has 2 N–H and O–H groups in total. The molecule has 0 radical (unpaired) electrons. The Hall–Kier alpha value is -2.37. The number of nitrogens with two attached hydrogens (primary N) is 1. The van der Waals surface area contributed by atoms with Crippen molar-refractivity contribution in [2.75, 3.05) is 11.4 Å². The summed E-state index contributed by atoms with van der Waals surface area (Å²) in [6.45, 7) is 2.44. The molecule has 104 valence electrons. The Morgan fingerprint density at radius 2 is 2.10 bits per heavy atom. The first-order valence-electron chi connectivity index (χ1n) is 6.41. The average molecular weight is 273 g/mol. The van der Waals surface area contributed by atoms with Crippen molar-refractivity contribution in [2.24, 2.45) is 17.8 Å². The molecule has 2 aromatic rings. The fourth-order valence-electron chi connectivity index (χ4n) is 2.62. The van der Waals surface area contributed by atoms with E-state index in [-0.39, 0.29) is 11.9 Å². The third-order valence-electron chi connectivity index (χ3n) is 3.51. The zero-order valence-electron chi connectivity index (χ0n) is 11.4. The number of benzene rings is 1. The summed E-state index contributed by atoms with van der Waals surface area (Å²) in [6, 6.07) is 6.47. The van der Waals surface area contributed by atoms with E-state index < -0.39 is 0 Å². The normalized spacial score (nSPS) is 18.4. The second-order valence-electron chi connectivity index (χ2n) is 4.88. The molecule has 0 spiro atoms. The van der Waals surface area contributed by atoms with Crippen LogP contribution in [-0.2, 0) is 7.05 Å². The Kier molecular flexibility index (Phi) is 2.93. The standard InChI is InChI=1S/C14H16FN5/c1-9-10(8-19(2)18-9)13-7-17-14(16)20(13)12-6-4-3-5-11(12)15/h3-6,8,13H,7H2,1-2H3,(H2,16,17). The number of aliphatic imine (C=N–C) groups is 1. The number of aryl methyl sites for hydroxylation is 2. The van der Waals surface area contributed by atoms with Gasteiger partial charge in [-0.05, 0) is 19.1 Å². The van der Waals surface area contributed by atoms with Crippen molar-refractivity contribution >= 4 is 11.6 Å². The number of para-hydroxylation sites is 1. The second-order valence-corrected chi connectivity index (χ2v) is 4.88. The van der Waals surface area contributed by atoms with Crippen molar-refractivity contribution in [2.45, 2.75) is 13.0 Å². The third kappa shape index (κ3) is 1.93. The number of nitrogens with zero attached hydrogens (tertiary/aromatic N) is 4. The van der Waals surface area contributed by atoms with E-state index in [1.807, 2.05) is 20.2 Å². The summed E-state index contributed by atoms with van der Waals surface area (Å²) in [4.78, 5) is 6.00. The van der Waals surface area contributed by atoms with Crippen LogP contribution >= 0.6 is 0 Å². The molecule has 0 amide bonds. The monoisotopic (exact) mass is 273 g/mol. The van der Waals surface area contributed by atoms with E-state index in [0.29, 0.717) is 18.2 Å². The van der Waals surface area contributed by atoms with Crippen LogP contribution in [0.1, 0.15) is 17.3 Å². The van der Waals surface area contributed by atoms with Crippen LogP contribution < -0.4 is 10.6 Å². The molecule has 1 aromatic carbocycles. The third-order valence-corrected chi connectivity index (χ3v) is 3.51. The molecule has 3 rings (SSSR count). The number of hydrogen-bond donors (Lipinski definition) is 1. The number of halogens is 1. The topological polar surface area (TPSA) is 59.4 Å². The summed E-state index contributed by atoms with van der Waals surface area (Å²) in [7, 11) is 1.86. The summed E-state index contributed by atoms with van der Waals surface area (Å²) >= 11 is 0. The molecule has 1 aromatic heterocycles. The van der Waals surface area contributed by atoms with E-state index in [0.717, 1.165) is 11.3 Å². The van der Waals surface area contributed by atoms with Crippen molar-refractivity contribution < 1.29 is 4.39 Å². The maximum Gasteiger partial charge on any atom is 0.196 e. The fraction of sp³-hybridized carbons (Fsp3) is 0.286. The number of anilines is 1. The Balaban J connectivity index is 2.05. The number of rotatable bonds is 2. The largest absolute Gasteiger partial charge is 0.369 e. The Morgan fingerprint density at radius 1 is 1.35 bits per heavy atom. The van der Waals surface area contributed by atoms with Gasteiger partial charge in [0, 0.05) is 18.8 Å². The van der Waals surface area contributed by atoms with Crippen LogP contribution in [0.2, 0.25) is 0 Å². The van der Waals surface area contributed by atoms with Crippen LogP contribution in [0.5, 0.6) is 0 Å². The minimum absolute atomic E-state index is 0.111. The van der Waals surface area contributed by atoms with Gasteiger partial charge < -0.3 is 10.6 Å². The lowest BCUT2D eigenvalue weighted by atomic mass is 10.1. The Bertz CT molecular complexity index is 676. The summed E-state index contributed by atoms with van der Waals surface area (Å²) in [5, 5.41) is 4.34. The molecule has 5 nitrogen and oxygen atoms in total. The minimum Gasteiger partial charge on any atom is -0.369 e. The molecular weight excluding hydrogens is 257 g/mol. The highest BCUT2D eigenvalue weighted by Crippen LogP contribution is 2.33. The van der Waals surface area contributed by atoms with Crippen molar-refractivity contribution in [3.63, 3.8) is 0 Å². The van der Waals surface area contributed by atoms with Gasteiger partial charge in [0.1, 0.15) is 5.82 Å². The molecule has 6 heteroatoms. The molecule has 1 atom stereocenters. The molecule has 0 aliphatic carbocycles. The maximum atomic E-state index is 14.0. The minimum atomic E-state index is -0.306. The zero-order valence-corrected chi connectivity index (χ0v) is 11.4. The second kappa shape index (κ2) is 4.63. The van der Waals surface area contributed by atoms with E-state index in [2.05, 4.69) is 10.1 Å². The van der Waals surface area contributed by atoms with Gasteiger partial charge in [0.05, 0.1) is 24.0 Å².